The molecule has 0 spiro atoms. The predicted octanol–water partition coefficient (Wildman–Crippen LogP) is 0.319. The van der Waals surface area contributed by atoms with Crippen molar-refractivity contribution in [2.45, 2.75) is 13.0 Å². The van der Waals surface area contributed by atoms with E-state index in [2.05, 4.69) is 33.6 Å². The minimum atomic E-state index is -0.0633. The number of carbonyl (C=O) groups is 1. The van der Waals surface area contributed by atoms with Gasteiger partial charge in [-0.1, -0.05) is 6.08 Å². The SMILES string of the molecule is C=CCNC(=O)N1CCc2nc(N3CCN(C)CC3)nc(N3CCOCC3)c2C1. The highest BCUT2D eigenvalue weighted by atomic mass is 16.5. The van der Waals surface area contributed by atoms with E-state index in [0.29, 0.717) is 32.8 Å². The second-order valence-electron chi connectivity index (χ2n) is 7.81. The van der Waals surface area contributed by atoms with Gasteiger partial charge in [0.15, 0.2) is 0 Å². The Morgan fingerprint density at radius 1 is 1.10 bits per heavy atom. The van der Waals surface area contributed by atoms with E-state index in [1.54, 1.807) is 6.08 Å². The molecule has 0 atom stereocenters. The van der Waals surface area contributed by atoms with Crippen molar-refractivity contribution in [1.82, 2.24) is 25.1 Å². The number of morpholine rings is 1. The Balaban J connectivity index is 1.62. The van der Waals surface area contributed by atoms with Crippen LogP contribution in [0.25, 0.3) is 0 Å². The minimum Gasteiger partial charge on any atom is -0.378 e. The molecule has 2 fully saturated rings. The average molecular weight is 402 g/mol. The molecule has 3 aliphatic heterocycles. The molecule has 3 aliphatic rings. The smallest absolute Gasteiger partial charge is 0.317 e. The van der Waals surface area contributed by atoms with Crippen molar-refractivity contribution in [1.29, 1.82) is 0 Å². The zero-order chi connectivity index (χ0) is 20.2. The number of nitrogens with zero attached hydrogens (tertiary/aromatic N) is 6. The molecule has 2 saturated heterocycles. The quantitative estimate of drug-likeness (QED) is 0.728. The maximum atomic E-state index is 12.5. The van der Waals surface area contributed by atoms with Crippen LogP contribution in [0.3, 0.4) is 0 Å². The molecule has 1 N–H and O–H groups in total. The van der Waals surface area contributed by atoms with Crippen LogP contribution in [0.15, 0.2) is 12.7 Å². The topological polar surface area (TPSA) is 77.1 Å². The first-order chi connectivity index (χ1) is 14.2. The first-order valence-electron chi connectivity index (χ1n) is 10.5. The van der Waals surface area contributed by atoms with Gasteiger partial charge in [0.2, 0.25) is 5.95 Å². The molecule has 0 aromatic carbocycles. The largest absolute Gasteiger partial charge is 0.378 e. The predicted molar refractivity (Wildman–Crippen MR) is 112 cm³/mol. The summed E-state index contributed by atoms with van der Waals surface area (Å²) in [5, 5.41) is 2.88. The third kappa shape index (κ3) is 4.45. The van der Waals surface area contributed by atoms with Gasteiger partial charge in [-0.15, -0.1) is 6.58 Å². The standard InChI is InChI=1S/C20H31N7O2/c1-3-5-21-20(28)27-6-4-17-16(15-27)18(25-11-13-29-14-12-25)23-19(22-17)26-9-7-24(2)8-10-26/h3H,1,4-15H2,2H3,(H,21,28). The summed E-state index contributed by atoms with van der Waals surface area (Å²) < 4.78 is 5.54. The molecule has 0 saturated carbocycles. The average Bonchev–Trinajstić information content (AvgIpc) is 2.77. The summed E-state index contributed by atoms with van der Waals surface area (Å²) in [7, 11) is 2.15. The van der Waals surface area contributed by atoms with Gasteiger partial charge in [-0.3, -0.25) is 0 Å². The van der Waals surface area contributed by atoms with Gasteiger partial charge in [-0.2, -0.15) is 4.98 Å². The summed E-state index contributed by atoms with van der Waals surface area (Å²) in [6, 6.07) is -0.0633. The van der Waals surface area contributed by atoms with Gasteiger partial charge in [0.25, 0.3) is 0 Å². The molecule has 4 rings (SSSR count). The number of nitrogens with one attached hydrogen (secondary N) is 1. The number of fused-ring (bicyclic) bond motifs is 1. The van der Waals surface area contributed by atoms with E-state index in [1.807, 2.05) is 4.90 Å². The lowest BCUT2D eigenvalue weighted by molar-refractivity contribution is 0.122. The van der Waals surface area contributed by atoms with Gasteiger partial charge in [-0.25, -0.2) is 9.78 Å². The Labute approximate surface area is 172 Å². The highest BCUT2D eigenvalue weighted by Gasteiger charge is 2.29. The lowest BCUT2D eigenvalue weighted by atomic mass is 10.1. The second-order valence-corrected chi connectivity index (χ2v) is 7.81. The maximum absolute atomic E-state index is 12.5. The number of anilines is 2. The maximum Gasteiger partial charge on any atom is 0.317 e. The van der Waals surface area contributed by atoms with Gasteiger partial charge in [0.1, 0.15) is 5.82 Å². The van der Waals surface area contributed by atoms with Crippen LogP contribution in [0.4, 0.5) is 16.6 Å². The number of amides is 2. The van der Waals surface area contributed by atoms with Crippen molar-refractivity contribution in [3.8, 4) is 0 Å². The van der Waals surface area contributed by atoms with Crippen LogP contribution in [0.1, 0.15) is 11.3 Å². The number of piperazine rings is 1. The first-order valence-corrected chi connectivity index (χ1v) is 10.5. The fraction of sp³-hybridized carbons (Fsp3) is 0.650. The van der Waals surface area contributed by atoms with Crippen LogP contribution in [0.5, 0.6) is 0 Å². The minimum absolute atomic E-state index is 0.0633. The number of ether oxygens (including phenoxy) is 1. The molecule has 4 heterocycles. The third-order valence-electron chi connectivity index (χ3n) is 5.81. The lowest BCUT2D eigenvalue weighted by Gasteiger charge is -2.37. The zero-order valence-electron chi connectivity index (χ0n) is 17.3. The van der Waals surface area contributed by atoms with Gasteiger partial charge in [0, 0.05) is 64.3 Å². The van der Waals surface area contributed by atoms with Crippen molar-refractivity contribution in [2.24, 2.45) is 0 Å². The molecule has 29 heavy (non-hydrogen) atoms. The van der Waals surface area contributed by atoms with Crippen LogP contribution < -0.4 is 15.1 Å². The molecule has 158 valence electrons. The van der Waals surface area contributed by atoms with E-state index >= 15 is 0 Å². The van der Waals surface area contributed by atoms with Crippen molar-refractivity contribution < 1.29 is 9.53 Å². The van der Waals surface area contributed by atoms with E-state index in [-0.39, 0.29) is 6.03 Å². The Morgan fingerprint density at radius 2 is 1.86 bits per heavy atom. The Morgan fingerprint density at radius 3 is 2.59 bits per heavy atom. The number of rotatable bonds is 4. The molecule has 9 heteroatoms. The molecule has 2 amide bonds. The van der Waals surface area contributed by atoms with E-state index in [1.165, 1.54) is 0 Å². The van der Waals surface area contributed by atoms with Crippen LogP contribution in [0, 0.1) is 0 Å². The number of aromatic nitrogens is 2. The Bertz CT molecular complexity index is 743. The lowest BCUT2D eigenvalue weighted by Crippen LogP contribution is -2.47. The van der Waals surface area contributed by atoms with Crippen molar-refractivity contribution in [2.75, 3.05) is 82.4 Å². The number of hydrogen-bond donors (Lipinski definition) is 1. The summed E-state index contributed by atoms with van der Waals surface area (Å²) in [5.74, 6) is 1.79. The van der Waals surface area contributed by atoms with Crippen LogP contribution in [-0.4, -0.2) is 98.4 Å². The highest BCUT2D eigenvalue weighted by Crippen LogP contribution is 2.30. The molecule has 9 nitrogen and oxygen atoms in total. The van der Waals surface area contributed by atoms with Crippen molar-refractivity contribution in [3.63, 3.8) is 0 Å². The number of hydrogen-bond acceptors (Lipinski definition) is 7. The Hall–Kier alpha value is -2.39. The van der Waals surface area contributed by atoms with Gasteiger partial charge in [-0.05, 0) is 7.05 Å². The van der Waals surface area contributed by atoms with E-state index in [4.69, 9.17) is 14.7 Å². The van der Waals surface area contributed by atoms with E-state index in [9.17, 15) is 4.79 Å². The fourth-order valence-electron chi connectivity index (χ4n) is 4.01. The van der Waals surface area contributed by atoms with E-state index in [0.717, 1.165) is 68.7 Å². The summed E-state index contributed by atoms with van der Waals surface area (Å²) in [5.41, 5.74) is 2.15. The van der Waals surface area contributed by atoms with Crippen LogP contribution in [0.2, 0.25) is 0 Å². The molecule has 0 aliphatic carbocycles. The zero-order valence-corrected chi connectivity index (χ0v) is 17.3. The molecular weight excluding hydrogens is 370 g/mol. The van der Waals surface area contributed by atoms with Gasteiger partial charge < -0.3 is 29.7 Å². The molecule has 0 bridgehead atoms. The summed E-state index contributed by atoms with van der Waals surface area (Å²) >= 11 is 0. The van der Waals surface area contributed by atoms with Gasteiger partial charge in [0.05, 0.1) is 25.5 Å². The molecule has 1 aromatic rings. The monoisotopic (exact) mass is 401 g/mol. The van der Waals surface area contributed by atoms with Gasteiger partial charge >= 0.3 is 6.03 Å². The van der Waals surface area contributed by atoms with Crippen molar-refractivity contribution in [3.05, 3.63) is 23.9 Å². The molecule has 0 radical (unpaired) electrons. The summed E-state index contributed by atoms with van der Waals surface area (Å²) in [4.78, 5) is 31.2. The van der Waals surface area contributed by atoms with Crippen molar-refractivity contribution >= 4 is 17.8 Å². The number of urea groups is 1. The van der Waals surface area contributed by atoms with E-state index < -0.39 is 0 Å². The number of carbonyl (C=O) groups excluding carboxylic acids is 1. The fourth-order valence-corrected chi connectivity index (χ4v) is 4.01. The molecule has 1 aromatic heterocycles. The van der Waals surface area contributed by atoms with Crippen LogP contribution in [-0.2, 0) is 17.7 Å². The number of likely N-dealkylation sites (N-methyl/N-ethyl adjacent to an activating group) is 1. The highest BCUT2D eigenvalue weighted by molar-refractivity contribution is 5.75. The second kappa shape index (κ2) is 8.96. The normalized spacial score (nSPS) is 20.4. The summed E-state index contributed by atoms with van der Waals surface area (Å²) in [6.45, 7) is 12.3. The first kappa shape index (κ1) is 19.9. The third-order valence-corrected chi connectivity index (χ3v) is 5.81. The molecule has 0 unspecified atom stereocenters. The van der Waals surface area contributed by atoms with Crippen LogP contribution >= 0.6 is 0 Å². The summed E-state index contributed by atoms with van der Waals surface area (Å²) in [6.07, 6.45) is 2.44. The molecular formula is C20H31N7O2. The Kier molecular flexibility index (Phi) is 6.15.